The fraction of sp³-hybridized carbons (Fsp3) is 0.500. The molecule has 0 saturated carbocycles. The maximum Gasteiger partial charge on any atom is 0.336 e. The number of halogens is 1. The van der Waals surface area contributed by atoms with Crippen LogP contribution in [-0.2, 0) is 9.53 Å². The Bertz CT molecular complexity index is 905. The molecule has 0 N–H and O–H groups in total. The Labute approximate surface area is 168 Å². The summed E-state index contributed by atoms with van der Waals surface area (Å²) in [7, 11) is 1.68. The molecule has 0 spiro atoms. The molecule has 7 nitrogen and oxygen atoms in total. The molecule has 1 saturated heterocycles. The van der Waals surface area contributed by atoms with Gasteiger partial charge in [0.15, 0.2) is 6.10 Å². The summed E-state index contributed by atoms with van der Waals surface area (Å²) >= 11 is 6.33. The zero-order chi connectivity index (χ0) is 20.3. The number of piperazine rings is 1. The monoisotopic (exact) mass is 408 g/mol. The quantitative estimate of drug-likeness (QED) is 0.683. The molecule has 0 radical (unpaired) electrons. The molecule has 28 heavy (non-hydrogen) atoms. The van der Waals surface area contributed by atoms with Gasteiger partial charge in [-0.25, -0.2) is 4.79 Å². The van der Waals surface area contributed by atoms with Crippen molar-refractivity contribution in [2.75, 3.05) is 46.4 Å². The molecule has 2 heterocycles. The summed E-state index contributed by atoms with van der Waals surface area (Å²) in [6.45, 7) is 7.98. The van der Waals surface area contributed by atoms with E-state index >= 15 is 0 Å². The predicted octanol–water partition coefficient (Wildman–Crippen LogP) is 2.31. The zero-order valence-corrected chi connectivity index (χ0v) is 17.1. The van der Waals surface area contributed by atoms with Crippen molar-refractivity contribution in [1.29, 1.82) is 0 Å². The molecule has 152 valence electrons. The van der Waals surface area contributed by atoms with Crippen LogP contribution in [0.1, 0.15) is 12.5 Å². The number of amides is 1. The van der Waals surface area contributed by atoms with Gasteiger partial charge in [0.2, 0.25) is 0 Å². The number of carbonyl (C=O) groups excluding carboxylic acids is 1. The van der Waals surface area contributed by atoms with Crippen molar-refractivity contribution in [2.24, 2.45) is 0 Å². The van der Waals surface area contributed by atoms with Crippen molar-refractivity contribution in [2.45, 2.75) is 20.0 Å². The maximum atomic E-state index is 12.7. The van der Waals surface area contributed by atoms with Crippen molar-refractivity contribution in [3.63, 3.8) is 0 Å². The molecule has 1 aromatic carbocycles. The second-order valence-electron chi connectivity index (χ2n) is 6.95. The highest BCUT2D eigenvalue weighted by Crippen LogP contribution is 2.31. The normalized spacial score (nSPS) is 16.4. The number of hydrogen-bond acceptors (Lipinski definition) is 6. The van der Waals surface area contributed by atoms with Gasteiger partial charge in [0, 0.05) is 57.4 Å². The van der Waals surface area contributed by atoms with Crippen LogP contribution in [0.5, 0.6) is 5.75 Å². The van der Waals surface area contributed by atoms with Gasteiger partial charge in [-0.05, 0) is 25.5 Å². The van der Waals surface area contributed by atoms with Crippen molar-refractivity contribution >= 4 is 28.5 Å². The number of ether oxygens (including phenoxy) is 2. The number of fused-ring (bicyclic) bond motifs is 1. The molecule has 1 atom stereocenters. The van der Waals surface area contributed by atoms with E-state index in [0.717, 1.165) is 30.6 Å². The van der Waals surface area contributed by atoms with Crippen LogP contribution in [0, 0.1) is 6.92 Å². The number of nitrogens with zero attached hydrogens (tertiary/aromatic N) is 2. The van der Waals surface area contributed by atoms with Crippen molar-refractivity contribution in [3.05, 3.63) is 39.2 Å². The van der Waals surface area contributed by atoms with E-state index in [4.69, 9.17) is 25.5 Å². The molecule has 1 aliphatic heterocycles. The Morgan fingerprint density at radius 2 is 1.96 bits per heavy atom. The van der Waals surface area contributed by atoms with Crippen LogP contribution in [0.15, 0.2) is 27.4 Å². The molecule has 1 fully saturated rings. The van der Waals surface area contributed by atoms with Crippen LogP contribution in [0.3, 0.4) is 0 Å². The molecule has 3 rings (SSSR count). The fourth-order valence-electron chi connectivity index (χ4n) is 3.32. The van der Waals surface area contributed by atoms with Gasteiger partial charge in [0.1, 0.15) is 11.3 Å². The third-order valence-corrected chi connectivity index (χ3v) is 5.25. The molecule has 8 heteroatoms. The summed E-state index contributed by atoms with van der Waals surface area (Å²) in [6, 6.07) is 4.67. The van der Waals surface area contributed by atoms with Gasteiger partial charge in [-0.1, -0.05) is 11.6 Å². The number of aryl methyl sites for hydroxylation is 1. The molecular formula is C20H25ClN2O5. The summed E-state index contributed by atoms with van der Waals surface area (Å²) in [6.07, 6.45) is -0.697. The zero-order valence-electron chi connectivity index (χ0n) is 16.4. The summed E-state index contributed by atoms with van der Waals surface area (Å²) in [5, 5.41) is 1.11. The minimum Gasteiger partial charge on any atom is -0.479 e. The van der Waals surface area contributed by atoms with E-state index in [-0.39, 0.29) is 5.91 Å². The van der Waals surface area contributed by atoms with Crippen LogP contribution in [-0.4, -0.2) is 68.3 Å². The predicted molar refractivity (Wildman–Crippen MR) is 107 cm³/mol. The SMILES string of the molecule is COCCN1CCN(C(=O)C(C)Oc2cc3oc(=O)cc(C)c3cc2Cl)CC1. The van der Waals surface area contributed by atoms with E-state index in [2.05, 4.69) is 4.90 Å². The van der Waals surface area contributed by atoms with Crippen molar-refractivity contribution in [1.82, 2.24) is 9.80 Å². The Hall–Kier alpha value is -2.09. The van der Waals surface area contributed by atoms with Crippen LogP contribution in [0.2, 0.25) is 5.02 Å². The molecule has 2 aromatic rings. The molecule has 1 aromatic heterocycles. The smallest absolute Gasteiger partial charge is 0.336 e. The lowest BCUT2D eigenvalue weighted by molar-refractivity contribution is -0.139. The highest BCUT2D eigenvalue weighted by atomic mass is 35.5. The Morgan fingerprint density at radius 3 is 2.64 bits per heavy atom. The van der Waals surface area contributed by atoms with E-state index in [1.807, 2.05) is 6.92 Å². The van der Waals surface area contributed by atoms with Gasteiger partial charge >= 0.3 is 5.63 Å². The first-order chi connectivity index (χ1) is 13.4. The number of hydrogen-bond donors (Lipinski definition) is 0. The highest BCUT2D eigenvalue weighted by Gasteiger charge is 2.26. The maximum absolute atomic E-state index is 12.7. The molecule has 1 amide bonds. The number of benzene rings is 1. The molecule has 0 aliphatic carbocycles. The Balaban J connectivity index is 1.67. The number of rotatable bonds is 6. The van der Waals surface area contributed by atoms with Gasteiger partial charge in [0.05, 0.1) is 11.6 Å². The first-order valence-corrected chi connectivity index (χ1v) is 9.67. The average Bonchev–Trinajstić information content (AvgIpc) is 2.67. The lowest BCUT2D eigenvalue weighted by Crippen LogP contribution is -2.52. The van der Waals surface area contributed by atoms with E-state index in [1.54, 1.807) is 31.1 Å². The minimum absolute atomic E-state index is 0.0896. The summed E-state index contributed by atoms with van der Waals surface area (Å²) in [5.74, 6) is 0.232. The summed E-state index contributed by atoms with van der Waals surface area (Å²) < 4.78 is 16.2. The van der Waals surface area contributed by atoms with Gasteiger partial charge < -0.3 is 18.8 Å². The summed E-state index contributed by atoms with van der Waals surface area (Å²) in [4.78, 5) is 28.4. The Kier molecular flexibility index (Phi) is 6.59. The van der Waals surface area contributed by atoms with Gasteiger partial charge in [-0.15, -0.1) is 0 Å². The first kappa shape index (κ1) is 20.6. The molecular weight excluding hydrogens is 384 g/mol. The van der Waals surface area contributed by atoms with Crippen LogP contribution in [0.25, 0.3) is 11.0 Å². The molecule has 1 unspecified atom stereocenters. The lowest BCUT2D eigenvalue weighted by atomic mass is 10.1. The number of methoxy groups -OCH3 is 1. The van der Waals surface area contributed by atoms with Gasteiger partial charge in [-0.2, -0.15) is 0 Å². The largest absolute Gasteiger partial charge is 0.479 e. The lowest BCUT2D eigenvalue weighted by Gasteiger charge is -2.35. The number of carbonyl (C=O) groups is 1. The van der Waals surface area contributed by atoms with Crippen LogP contribution in [0.4, 0.5) is 0 Å². The molecule has 1 aliphatic rings. The van der Waals surface area contributed by atoms with Crippen LogP contribution < -0.4 is 10.4 Å². The second-order valence-corrected chi connectivity index (χ2v) is 7.35. The first-order valence-electron chi connectivity index (χ1n) is 9.30. The van der Waals surface area contributed by atoms with Gasteiger partial charge in [-0.3, -0.25) is 9.69 Å². The van der Waals surface area contributed by atoms with Crippen LogP contribution >= 0.6 is 11.6 Å². The van der Waals surface area contributed by atoms with Gasteiger partial charge in [0.25, 0.3) is 5.91 Å². The Morgan fingerprint density at radius 1 is 1.25 bits per heavy atom. The van der Waals surface area contributed by atoms with Crippen molar-refractivity contribution in [3.8, 4) is 5.75 Å². The highest BCUT2D eigenvalue weighted by molar-refractivity contribution is 6.32. The average molecular weight is 409 g/mol. The van der Waals surface area contributed by atoms with Crippen molar-refractivity contribution < 1.29 is 18.7 Å². The third kappa shape index (κ3) is 4.66. The standard InChI is InChI=1S/C20H25ClN2O5/c1-13-10-19(24)28-17-12-18(16(21)11-15(13)17)27-14(2)20(25)23-6-4-22(5-7-23)8-9-26-3/h10-12,14H,4-9H2,1-3H3. The fourth-order valence-corrected chi connectivity index (χ4v) is 3.53. The van der Waals surface area contributed by atoms with E-state index in [9.17, 15) is 9.59 Å². The van der Waals surface area contributed by atoms with E-state index < -0.39 is 11.7 Å². The van der Waals surface area contributed by atoms with E-state index in [0.29, 0.717) is 36.1 Å². The third-order valence-electron chi connectivity index (χ3n) is 4.95. The minimum atomic E-state index is -0.697. The molecule has 0 bridgehead atoms. The summed E-state index contributed by atoms with van der Waals surface area (Å²) in [5.41, 5.74) is 0.722. The second kappa shape index (κ2) is 8.94. The topological polar surface area (TPSA) is 72.2 Å². The van der Waals surface area contributed by atoms with E-state index in [1.165, 1.54) is 6.07 Å².